The maximum atomic E-state index is 14.0. The Morgan fingerprint density at radius 2 is 1.89 bits per heavy atom. The van der Waals surface area contributed by atoms with Crippen LogP contribution in [0.15, 0.2) is 16.1 Å². The van der Waals surface area contributed by atoms with Crippen LogP contribution >= 0.6 is 0 Å². The van der Waals surface area contributed by atoms with Crippen LogP contribution < -0.4 is 0 Å². The van der Waals surface area contributed by atoms with Gasteiger partial charge in [0.1, 0.15) is 5.71 Å². The standard InChI is InChI=1S/C21H33F2NO4/c1-5-28-20(25)18-14(2)19(21(3,22)23)24-17(18)12-15-8-6-7-9-16(15)13-27-11-10-26-4/h15-17H,5-13H2,1-4H3/t15-,16+,17?/m0/s1. The number of halogens is 2. The SMILES string of the molecule is CCOC(=O)C1=C(C)C(C(C)(F)F)=NC1C[C@@H]1CCCC[C@@H]1COCCOC. The second-order valence-corrected chi connectivity index (χ2v) is 7.75. The van der Waals surface area contributed by atoms with E-state index in [1.165, 1.54) is 0 Å². The van der Waals surface area contributed by atoms with Crippen molar-refractivity contribution in [2.75, 3.05) is 33.5 Å². The predicted octanol–water partition coefficient (Wildman–Crippen LogP) is 4.20. The molecule has 1 heterocycles. The highest BCUT2D eigenvalue weighted by Gasteiger charge is 2.42. The second kappa shape index (κ2) is 10.4. The summed E-state index contributed by atoms with van der Waals surface area (Å²) in [6.07, 6.45) is 4.85. The predicted molar refractivity (Wildman–Crippen MR) is 104 cm³/mol. The van der Waals surface area contributed by atoms with E-state index in [0.29, 0.717) is 37.7 Å². The van der Waals surface area contributed by atoms with Crippen molar-refractivity contribution in [3.8, 4) is 0 Å². The smallest absolute Gasteiger partial charge is 0.336 e. The van der Waals surface area contributed by atoms with Crippen LogP contribution in [0.25, 0.3) is 0 Å². The number of hydrogen-bond donors (Lipinski definition) is 0. The average molecular weight is 401 g/mol. The maximum absolute atomic E-state index is 14.0. The average Bonchev–Trinajstić information content (AvgIpc) is 2.96. The molecule has 1 unspecified atom stereocenters. The van der Waals surface area contributed by atoms with Crippen molar-refractivity contribution >= 4 is 11.7 Å². The summed E-state index contributed by atoms with van der Waals surface area (Å²) in [5.74, 6) is -2.98. The number of nitrogens with zero attached hydrogens (tertiary/aromatic N) is 1. The summed E-state index contributed by atoms with van der Waals surface area (Å²) in [5, 5.41) is 0. The first kappa shape index (κ1) is 22.9. The van der Waals surface area contributed by atoms with Crippen LogP contribution in [0.2, 0.25) is 0 Å². The number of ether oxygens (including phenoxy) is 3. The number of alkyl halides is 2. The molecule has 0 N–H and O–H groups in total. The first-order valence-electron chi connectivity index (χ1n) is 10.2. The van der Waals surface area contributed by atoms with E-state index in [9.17, 15) is 13.6 Å². The number of aliphatic imine (C=N–C) groups is 1. The highest BCUT2D eigenvalue weighted by Crippen LogP contribution is 2.39. The lowest BCUT2D eigenvalue weighted by Crippen LogP contribution is -2.29. The van der Waals surface area contributed by atoms with Crippen molar-refractivity contribution in [2.45, 2.75) is 64.8 Å². The molecule has 2 rings (SSSR count). The lowest BCUT2D eigenvalue weighted by molar-refractivity contribution is -0.138. The highest BCUT2D eigenvalue weighted by atomic mass is 19.3. The fourth-order valence-corrected chi connectivity index (χ4v) is 4.28. The molecule has 3 atom stereocenters. The van der Waals surface area contributed by atoms with Crippen LogP contribution in [0.4, 0.5) is 8.78 Å². The summed E-state index contributed by atoms with van der Waals surface area (Å²) in [5.41, 5.74) is 0.270. The Morgan fingerprint density at radius 3 is 2.50 bits per heavy atom. The van der Waals surface area contributed by atoms with Gasteiger partial charge in [0, 0.05) is 20.6 Å². The quantitative estimate of drug-likeness (QED) is 0.407. The molecule has 0 amide bonds. The Hall–Kier alpha value is -1.34. The van der Waals surface area contributed by atoms with E-state index in [-0.39, 0.29) is 23.8 Å². The number of carbonyl (C=O) groups excluding carboxylic acids is 1. The molecule has 0 bridgehead atoms. The summed E-state index contributed by atoms with van der Waals surface area (Å²) in [6, 6.07) is -0.565. The Bertz CT molecular complexity index is 598. The molecule has 5 nitrogen and oxygen atoms in total. The Morgan fingerprint density at radius 1 is 1.21 bits per heavy atom. The lowest BCUT2D eigenvalue weighted by atomic mass is 9.75. The molecule has 1 aliphatic carbocycles. The molecule has 1 fully saturated rings. The molecule has 160 valence electrons. The Labute approximate surface area is 166 Å². The molecule has 0 aromatic heterocycles. The first-order chi connectivity index (χ1) is 13.3. The molecular weight excluding hydrogens is 368 g/mol. The largest absolute Gasteiger partial charge is 0.463 e. The van der Waals surface area contributed by atoms with Crippen molar-refractivity contribution in [3.63, 3.8) is 0 Å². The normalized spacial score (nSPS) is 25.8. The molecule has 0 saturated heterocycles. The van der Waals surface area contributed by atoms with E-state index >= 15 is 0 Å². The molecule has 0 radical (unpaired) electrons. The summed E-state index contributed by atoms with van der Waals surface area (Å²) in [7, 11) is 1.64. The van der Waals surface area contributed by atoms with Gasteiger partial charge >= 0.3 is 5.97 Å². The third kappa shape index (κ3) is 5.83. The van der Waals surface area contributed by atoms with Gasteiger partial charge in [0.15, 0.2) is 0 Å². The molecule has 7 heteroatoms. The van der Waals surface area contributed by atoms with Crippen LogP contribution in [0.5, 0.6) is 0 Å². The number of esters is 1. The minimum absolute atomic E-state index is 0.208. The van der Waals surface area contributed by atoms with E-state index in [1.54, 1.807) is 21.0 Å². The monoisotopic (exact) mass is 401 g/mol. The molecule has 28 heavy (non-hydrogen) atoms. The molecule has 0 spiro atoms. The number of hydrogen-bond acceptors (Lipinski definition) is 5. The van der Waals surface area contributed by atoms with Gasteiger partial charge in [-0.25, -0.2) is 4.79 Å². The summed E-state index contributed by atoms with van der Waals surface area (Å²) < 4.78 is 43.9. The van der Waals surface area contributed by atoms with Crippen molar-refractivity contribution < 1.29 is 27.8 Å². The van der Waals surface area contributed by atoms with Gasteiger partial charge in [0.25, 0.3) is 5.92 Å². The number of rotatable bonds is 10. The van der Waals surface area contributed by atoms with Gasteiger partial charge < -0.3 is 14.2 Å². The zero-order valence-corrected chi connectivity index (χ0v) is 17.4. The first-order valence-corrected chi connectivity index (χ1v) is 10.2. The molecular formula is C21H33F2NO4. The van der Waals surface area contributed by atoms with Crippen LogP contribution in [-0.4, -0.2) is 57.2 Å². The van der Waals surface area contributed by atoms with E-state index < -0.39 is 17.9 Å². The third-order valence-corrected chi connectivity index (χ3v) is 5.64. The van der Waals surface area contributed by atoms with Gasteiger partial charge in [-0.05, 0) is 44.1 Å². The van der Waals surface area contributed by atoms with Gasteiger partial charge in [-0.15, -0.1) is 0 Å². The molecule has 2 aliphatic rings. The van der Waals surface area contributed by atoms with Gasteiger partial charge in [0.05, 0.1) is 31.4 Å². The fourth-order valence-electron chi connectivity index (χ4n) is 4.28. The van der Waals surface area contributed by atoms with E-state index in [1.807, 2.05) is 0 Å². The van der Waals surface area contributed by atoms with Crippen LogP contribution in [0.3, 0.4) is 0 Å². The van der Waals surface area contributed by atoms with Gasteiger partial charge in [-0.2, -0.15) is 8.78 Å². The summed E-state index contributed by atoms with van der Waals surface area (Å²) >= 11 is 0. The zero-order chi connectivity index (χ0) is 20.7. The number of carbonyl (C=O) groups is 1. The lowest BCUT2D eigenvalue weighted by Gasteiger charge is -2.33. The van der Waals surface area contributed by atoms with E-state index in [0.717, 1.165) is 32.6 Å². The number of methoxy groups -OCH3 is 1. The fraction of sp³-hybridized carbons (Fsp3) is 0.810. The van der Waals surface area contributed by atoms with Crippen LogP contribution in [0.1, 0.15) is 52.9 Å². The van der Waals surface area contributed by atoms with Crippen LogP contribution in [0, 0.1) is 11.8 Å². The van der Waals surface area contributed by atoms with E-state index in [2.05, 4.69) is 4.99 Å². The zero-order valence-electron chi connectivity index (χ0n) is 17.4. The Kier molecular flexibility index (Phi) is 8.56. The second-order valence-electron chi connectivity index (χ2n) is 7.75. The number of allylic oxidation sites excluding steroid dienone is 1. The van der Waals surface area contributed by atoms with Crippen molar-refractivity contribution in [2.24, 2.45) is 16.8 Å². The molecule has 0 aromatic rings. The molecule has 1 aliphatic heterocycles. The maximum Gasteiger partial charge on any atom is 0.336 e. The Balaban J connectivity index is 2.15. The topological polar surface area (TPSA) is 57.1 Å². The van der Waals surface area contributed by atoms with Crippen molar-refractivity contribution in [1.29, 1.82) is 0 Å². The van der Waals surface area contributed by atoms with Crippen LogP contribution in [-0.2, 0) is 19.0 Å². The van der Waals surface area contributed by atoms with Crippen molar-refractivity contribution in [1.82, 2.24) is 0 Å². The molecule has 1 saturated carbocycles. The summed E-state index contributed by atoms with van der Waals surface area (Å²) in [6.45, 7) is 6.01. The van der Waals surface area contributed by atoms with E-state index in [4.69, 9.17) is 14.2 Å². The van der Waals surface area contributed by atoms with Gasteiger partial charge in [-0.1, -0.05) is 19.3 Å². The van der Waals surface area contributed by atoms with Gasteiger partial charge in [0.2, 0.25) is 0 Å². The highest BCUT2D eigenvalue weighted by molar-refractivity contribution is 6.13. The minimum Gasteiger partial charge on any atom is -0.463 e. The summed E-state index contributed by atoms with van der Waals surface area (Å²) in [4.78, 5) is 16.8. The minimum atomic E-state index is -3.08. The van der Waals surface area contributed by atoms with Gasteiger partial charge in [-0.3, -0.25) is 4.99 Å². The molecule has 0 aromatic carbocycles. The van der Waals surface area contributed by atoms with Crippen molar-refractivity contribution in [3.05, 3.63) is 11.1 Å². The third-order valence-electron chi connectivity index (χ3n) is 5.64.